The Morgan fingerprint density at radius 2 is 2.10 bits per heavy atom. The molecule has 1 N–H and O–H groups in total. The highest BCUT2D eigenvalue weighted by molar-refractivity contribution is 9.10. The Balaban J connectivity index is 1.98. The molecule has 0 saturated carbocycles. The first-order chi connectivity index (χ1) is 10.1. The molecule has 0 bridgehead atoms. The van der Waals surface area contributed by atoms with Gasteiger partial charge in [-0.05, 0) is 41.8 Å². The molecule has 0 saturated heterocycles. The summed E-state index contributed by atoms with van der Waals surface area (Å²) in [7, 11) is 0. The molecule has 0 aromatic heterocycles. The predicted octanol–water partition coefficient (Wildman–Crippen LogP) is 4.57. The third kappa shape index (κ3) is 2.85. The third-order valence-corrected chi connectivity index (χ3v) is 5.39. The molecule has 21 heavy (non-hydrogen) atoms. The van der Waals surface area contributed by atoms with E-state index in [4.69, 9.17) is 4.74 Å². The maximum atomic E-state index is 11.4. The second-order valence-electron chi connectivity index (χ2n) is 4.91. The van der Waals surface area contributed by atoms with Gasteiger partial charge in [0.25, 0.3) is 5.91 Å². The summed E-state index contributed by atoms with van der Waals surface area (Å²) in [6.45, 7) is 2.16. The highest BCUT2D eigenvalue weighted by Gasteiger charge is 2.19. The largest absolute Gasteiger partial charge is 0.482 e. The number of nitrogens with one attached hydrogen (secondary N) is 1. The molecule has 5 heteroatoms. The number of carbonyl (C=O) groups excluding carboxylic acids is 1. The van der Waals surface area contributed by atoms with Crippen molar-refractivity contribution in [2.75, 3.05) is 11.9 Å². The molecule has 3 rings (SSSR count). The quantitative estimate of drug-likeness (QED) is 0.736. The van der Waals surface area contributed by atoms with Crippen molar-refractivity contribution in [1.29, 1.82) is 0 Å². The summed E-state index contributed by atoms with van der Waals surface area (Å²) in [5.41, 5.74) is 4.17. The number of hydrogen-bond acceptors (Lipinski definition) is 2. The molecule has 0 aliphatic carbocycles. The molecule has 2 aromatic carbocycles. The molecule has 1 atom stereocenters. The Labute approximate surface area is 140 Å². The summed E-state index contributed by atoms with van der Waals surface area (Å²) in [6.07, 6.45) is 0. The van der Waals surface area contributed by atoms with E-state index in [1.807, 2.05) is 30.3 Å². The lowest BCUT2D eigenvalue weighted by atomic mass is 10.00. The number of carbonyl (C=O) groups is 1. The number of hydrogen-bond donors (Lipinski definition) is 1. The lowest BCUT2D eigenvalue weighted by Gasteiger charge is -2.20. The van der Waals surface area contributed by atoms with Crippen molar-refractivity contribution < 1.29 is 9.53 Å². The van der Waals surface area contributed by atoms with Gasteiger partial charge in [-0.15, -0.1) is 0 Å². The molecule has 1 aliphatic heterocycles. The summed E-state index contributed by atoms with van der Waals surface area (Å²) >= 11 is 7.30. The number of anilines is 1. The topological polar surface area (TPSA) is 38.3 Å². The van der Waals surface area contributed by atoms with Crippen molar-refractivity contribution in [3.63, 3.8) is 0 Å². The highest BCUT2D eigenvalue weighted by atomic mass is 79.9. The lowest BCUT2D eigenvalue weighted by molar-refractivity contribution is -0.118. The van der Waals surface area contributed by atoms with Crippen LogP contribution in [0.5, 0.6) is 5.75 Å². The second kappa shape index (κ2) is 5.81. The SMILES string of the molecule is Cc1c(Br)cccc1C(Br)c1ccc2c(c1)NC(=O)CO2. The van der Waals surface area contributed by atoms with Crippen LogP contribution in [0.15, 0.2) is 40.9 Å². The van der Waals surface area contributed by atoms with Crippen LogP contribution in [0.1, 0.15) is 21.5 Å². The number of benzene rings is 2. The Kier molecular flexibility index (Phi) is 4.04. The van der Waals surface area contributed by atoms with Gasteiger partial charge in [0.2, 0.25) is 0 Å². The summed E-state index contributed by atoms with van der Waals surface area (Å²) in [5, 5.41) is 2.84. The minimum Gasteiger partial charge on any atom is -0.482 e. The van der Waals surface area contributed by atoms with Crippen LogP contribution >= 0.6 is 31.9 Å². The van der Waals surface area contributed by atoms with Gasteiger partial charge in [-0.1, -0.05) is 50.1 Å². The molecule has 0 fully saturated rings. The smallest absolute Gasteiger partial charge is 0.262 e. The fourth-order valence-corrected chi connectivity index (χ4v) is 3.50. The number of fused-ring (bicyclic) bond motifs is 1. The minimum atomic E-state index is -0.121. The zero-order valence-electron chi connectivity index (χ0n) is 11.3. The number of alkyl halides is 1. The van der Waals surface area contributed by atoms with E-state index >= 15 is 0 Å². The van der Waals surface area contributed by atoms with Gasteiger partial charge >= 0.3 is 0 Å². The van der Waals surface area contributed by atoms with Crippen LogP contribution < -0.4 is 10.1 Å². The predicted molar refractivity (Wildman–Crippen MR) is 90.2 cm³/mol. The molecular formula is C16H13Br2NO2. The van der Waals surface area contributed by atoms with Crippen LogP contribution in [0.3, 0.4) is 0 Å². The number of rotatable bonds is 2. The van der Waals surface area contributed by atoms with Gasteiger partial charge in [-0.2, -0.15) is 0 Å². The van der Waals surface area contributed by atoms with Crippen molar-refractivity contribution in [2.45, 2.75) is 11.8 Å². The average molecular weight is 411 g/mol. The fraction of sp³-hybridized carbons (Fsp3) is 0.188. The summed E-state index contributed by atoms with van der Waals surface area (Å²) in [6, 6.07) is 12.0. The number of ether oxygens (including phenoxy) is 1. The van der Waals surface area contributed by atoms with E-state index in [1.165, 1.54) is 11.1 Å². The first kappa shape index (κ1) is 14.6. The maximum Gasteiger partial charge on any atom is 0.262 e. The van der Waals surface area contributed by atoms with Crippen LogP contribution in [-0.2, 0) is 4.79 Å². The third-order valence-electron chi connectivity index (χ3n) is 3.51. The molecule has 2 aromatic rings. The van der Waals surface area contributed by atoms with Crippen molar-refractivity contribution in [3.8, 4) is 5.75 Å². The molecular weight excluding hydrogens is 398 g/mol. The second-order valence-corrected chi connectivity index (χ2v) is 6.68. The van der Waals surface area contributed by atoms with Gasteiger partial charge < -0.3 is 10.1 Å². The van der Waals surface area contributed by atoms with E-state index in [1.54, 1.807) is 0 Å². The first-order valence-corrected chi connectivity index (χ1v) is 8.23. The van der Waals surface area contributed by atoms with E-state index in [0.717, 1.165) is 15.7 Å². The molecule has 1 unspecified atom stereocenters. The van der Waals surface area contributed by atoms with Crippen LogP contribution in [0.4, 0.5) is 5.69 Å². The van der Waals surface area contributed by atoms with Gasteiger partial charge in [-0.3, -0.25) is 4.79 Å². The molecule has 3 nitrogen and oxygen atoms in total. The lowest BCUT2D eigenvalue weighted by Crippen LogP contribution is -2.25. The van der Waals surface area contributed by atoms with E-state index in [9.17, 15) is 4.79 Å². The average Bonchev–Trinajstić information content (AvgIpc) is 2.48. The van der Waals surface area contributed by atoms with Crippen LogP contribution in [0.25, 0.3) is 0 Å². The first-order valence-electron chi connectivity index (χ1n) is 6.52. The highest BCUT2D eigenvalue weighted by Crippen LogP contribution is 2.38. The molecule has 1 amide bonds. The zero-order valence-corrected chi connectivity index (χ0v) is 14.5. The number of halogens is 2. The van der Waals surface area contributed by atoms with Gasteiger partial charge in [0.05, 0.1) is 10.5 Å². The Hall–Kier alpha value is -1.33. The molecule has 1 aliphatic rings. The normalized spacial score (nSPS) is 14.9. The minimum absolute atomic E-state index is 0.0547. The maximum absolute atomic E-state index is 11.4. The van der Waals surface area contributed by atoms with Gasteiger partial charge in [0.1, 0.15) is 5.75 Å². The van der Waals surface area contributed by atoms with Crippen molar-refractivity contribution in [3.05, 3.63) is 57.6 Å². The van der Waals surface area contributed by atoms with E-state index in [-0.39, 0.29) is 17.3 Å². The van der Waals surface area contributed by atoms with Crippen LogP contribution in [-0.4, -0.2) is 12.5 Å². The fourth-order valence-electron chi connectivity index (χ4n) is 2.34. The standard InChI is InChI=1S/C16H13Br2NO2/c1-9-11(3-2-4-12(9)17)16(18)10-5-6-14-13(7-10)19-15(20)8-21-14/h2-7,16H,8H2,1H3,(H,19,20). The van der Waals surface area contributed by atoms with E-state index < -0.39 is 0 Å². The van der Waals surface area contributed by atoms with Crippen molar-refractivity contribution >= 4 is 43.5 Å². The van der Waals surface area contributed by atoms with Gasteiger partial charge in [0.15, 0.2) is 6.61 Å². The summed E-state index contributed by atoms with van der Waals surface area (Å²) < 4.78 is 6.47. The van der Waals surface area contributed by atoms with Crippen LogP contribution in [0.2, 0.25) is 0 Å². The summed E-state index contributed by atoms with van der Waals surface area (Å²) in [5.74, 6) is 0.591. The molecule has 108 valence electrons. The van der Waals surface area contributed by atoms with Crippen molar-refractivity contribution in [1.82, 2.24) is 0 Å². The zero-order chi connectivity index (χ0) is 15.0. The Bertz CT molecular complexity index is 715. The van der Waals surface area contributed by atoms with Gasteiger partial charge in [0, 0.05) is 4.47 Å². The molecule has 0 spiro atoms. The van der Waals surface area contributed by atoms with Crippen LogP contribution in [0, 0.1) is 6.92 Å². The van der Waals surface area contributed by atoms with Crippen molar-refractivity contribution in [2.24, 2.45) is 0 Å². The number of amides is 1. The molecule has 0 radical (unpaired) electrons. The monoisotopic (exact) mass is 409 g/mol. The van der Waals surface area contributed by atoms with Gasteiger partial charge in [-0.25, -0.2) is 0 Å². The summed E-state index contributed by atoms with van der Waals surface area (Å²) in [4.78, 5) is 11.5. The van der Waals surface area contributed by atoms with E-state index in [2.05, 4.69) is 50.2 Å². The van der Waals surface area contributed by atoms with E-state index in [0.29, 0.717) is 5.75 Å². The molecule has 1 heterocycles. The Morgan fingerprint density at radius 3 is 2.90 bits per heavy atom. The Morgan fingerprint density at radius 1 is 1.29 bits per heavy atom.